The van der Waals surface area contributed by atoms with Gasteiger partial charge in [0, 0.05) is 27.7 Å². The Morgan fingerprint density at radius 1 is 1.09 bits per heavy atom. The molecule has 3 aromatic heterocycles. The number of para-hydroxylation sites is 1. The zero-order valence-corrected chi connectivity index (χ0v) is 17.5. The molecule has 9 heteroatoms. The fourth-order valence-electron chi connectivity index (χ4n) is 4.37. The molecule has 164 valence electrons. The van der Waals surface area contributed by atoms with Crippen LogP contribution in [0.25, 0.3) is 32.8 Å². The summed E-state index contributed by atoms with van der Waals surface area (Å²) in [6.45, 7) is -0.0905. The lowest BCUT2D eigenvalue weighted by atomic mass is 9.96. The fraction of sp³-hybridized carbons (Fsp3) is 0.125. The Kier molecular flexibility index (Phi) is 3.91. The number of nitrogens with zero attached hydrogens (tertiary/aromatic N) is 2. The summed E-state index contributed by atoms with van der Waals surface area (Å²) in [5.74, 6) is 0.175. The van der Waals surface area contributed by atoms with Gasteiger partial charge < -0.3 is 24.1 Å². The van der Waals surface area contributed by atoms with Crippen molar-refractivity contribution in [1.29, 1.82) is 0 Å². The standard InChI is InChI=1S/C24H18N4O5/c1-32-16-7-6-14-11-28(21(29)17(14)10-16)12-24(22(30)26-23(31)27-24)19-9-15-8-13-4-2-3-5-18(13)25-20(15)33-19/h2-11,29H,12H2,1H3,(H2,26,27,30,31)/t24-/m0/s1. The van der Waals surface area contributed by atoms with Crippen molar-refractivity contribution in [1.82, 2.24) is 20.2 Å². The number of amides is 3. The number of carbonyl (C=O) groups excluding carboxylic acids is 2. The summed E-state index contributed by atoms with van der Waals surface area (Å²) in [4.78, 5) is 29.8. The molecule has 9 nitrogen and oxygen atoms in total. The minimum atomic E-state index is -1.57. The Balaban J connectivity index is 1.51. The van der Waals surface area contributed by atoms with Gasteiger partial charge in [-0.3, -0.25) is 10.1 Å². The van der Waals surface area contributed by atoms with Gasteiger partial charge >= 0.3 is 6.03 Å². The van der Waals surface area contributed by atoms with Crippen LogP contribution in [0.2, 0.25) is 0 Å². The normalized spacial score (nSPS) is 18.2. The van der Waals surface area contributed by atoms with E-state index in [1.54, 1.807) is 37.6 Å². The van der Waals surface area contributed by atoms with Gasteiger partial charge in [0.05, 0.1) is 19.2 Å². The van der Waals surface area contributed by atoms with Crippen LogP contribution in [-0.4, -0.2) is 33.7 Å². The van der Waals surface area contributed by atoms with Gasteiger partial charge in [-0.15, -0.1) is 0 Å². The van der Waals surface area contributed by atoms with Crippen molar-refractivity contribution in [2.75, 3.05) is 7.11 Å². The maximum atomic E-state index is 13.1. The van der Waals surface area contributed by atoms with Crippen LogP contribution in [0.5, 0.6) is 11.6 Å². The Morgan fingerprint density at radius 2 is 1.94 bits per heavy atom. The molecule has 1 fully saturated rings. The molecule has 3 N–H and O–H groups in total. The molecule has 6 rings (SSSR count). The molecule has 4 heterocycles. The van der Waals surface area contributed by atoms with E-state index in [-0.39, 0.29) is 18.2 Å². The number of urea groups is 1. The number of ether oxygens (including phenoxy) is 1. The smallest absolute Gasteiger partial charge is 0.322 e. The second kappa shape index (κ2) is 6.73. The molecule has 1 aliphatic heterocycles. The Bertz CT molecular complexity index is 1550. The predicted molar refractivity (Wildman–Crippen MR) is 120 cm³/mol. The number of hydrogen-bond acceptors (Lipinski definition) is 6. The summed E-state index contributed by atoms with van der Waals surface area (Å²) in [6.07, 6.45) is 1.71. The van der Waals surface area contributed by atoms with Crippen LogP contribution >= 0.6 is 0 Å². The molecule has 1 saturated heterocycles. The zero-order valence-electron chi connectivity index (χ0n) is 17.5. The lowest BCUT2D eigenvalue weighted by molar-refractivity contribution is -0.125. The van der Waals surface area contributed by atoms with Crippen molar-refractivity contribution in [2.24, 2.45) is 0 Å². The summed E-state index contributed by atoms with van der Waals surface area (Å²) in [7, 11) is 1.54. The van der Waals surface area contributed by atoms with Crippen LogP contribution in [0.4, 0.5) is 4.79 Å². The average Bonchev–Trinajstić information content (AvgIpc) is 3.45. The van der Waals surface area contributed by atoms with Crippen molar-refractivity contribution in [2.45, 2.75) is 12.1 Å². The highest BCUT2D eigenvalue weighted by Crippen LogP contribution is 2.36. The predicted octanol–water partition coefficient (Wildman–Crippen LogP) is 3.38. The first kappa shape index (κ1) is 19.2. The maximum Gasteiger partial charge on any atom is 0.322 e. The number of rotatable bonds is 4. The number of fused-ring (bicyclic) bond motifs is 3. The minimum absolute atomic E-state index is 0.0581. The molecule has 2 aromatic carbocycles. The molecule has 3 amide bonds. The van der Waals surface area contributed by atoms with Crippen LogP contribution in [-0.2, 0) is 16.9 Å². The van der Waals surface area contributed by atoms with E-state index in [9.17, 15) is 14.7 Å². The number of pyridine rings is 1. The van der Waals surface area contributed by atoms with E-state index >= 15 is 0 Å². The number of hydrogen-bond donors (Lipinski definition) is 3. The number of carbonyl (C=O) groups is 2. The number of methoxy groups -OCH3 is 1. The van der Waals surface area contributed by atoms with Crippen LogP contribution in [0, 0.1) is 0 Å². The molecule has 0 radical (unpaired) electrons. The second-order valence-corrected chi connectivity index (χ2v) is 8.03. The van der Waals surface area contributed by atoms with Crippen molar-refractivity contribution >= 4 is 44.7 Å². The number of aromatic nitrogens is 2. The highest BCUT2D eigenvalue weighted by Gasteiger charge is 2.51. The summed E-state index contributed by atoms with van der Waals surface area (Å²) < 4.78 is 12.8. The summed E-state index contributed by atoms with van der Waals surface area (Å²) >= 11 is 0. The third kappa shape index (κ3) is 2.82. The van der Waals surface area contributed by atoms with E-state index < -0.39 is 17.5 Å². The first-order valence-corrected chi connectivity index (χ1v) is 10.3. The van der Waals surface area contributed by atoms with E-state index in [1.807, 2.05) is 30.3 Å². The van der Waals surface area contributed by atoms with E-state index in [0.29, 0.717) is 22.2 Å². The van der Waals surface area contributed by atoms with Gasteiger partial charge in [-0.05, 0) is 36.4 Å². The summed E-state index contributed by atoms with van der Waals surface area (Å²) in [5, 5.41) is 18.8. The molecule has 0 unspecified atom stereocenters. The van der Waals surface area contributed by atoms with Gasteiger partial charge in [0.2, 0.25) is 5.71 Å². The fourth-order valence-corrected chi connectivity index (χ4v) is 4.37. The SMILES string of the molecule is COc1ccc2cn(C[C@@]3(c4cc5cc6ccccc6nc5o4)NC(=O)NC3=O)c(O)c2c1. The quantitative estimate of drug-likeness (QED) is 0.367. The molecule has 33 heavy (non-hydrogen) atoms. The first-order chi connectivity index (χ1) is 16.0. The molecule has 0 bridgehead atoms. The molecule has 0 saturated carbocycles. The van der Waals surface area contributed by atoms with Crippen LogP contribution in [0.1, 0.15) is 5.76 Å². The zero-order chi connectivity index (χ0) is 22.7. The number of furan rings is 1. The summed E-state index contributed by atoms with van der Waals surface area (Å²) in [6, 6.07) is 15.9. The molecule has 0 aliphatic carbocycles. The van der Waals surface area contributed by atoms with E-state index in [0.717, 1.165) is 16.3 Å². The van der Waals surface area contributed by atoms with Gasteiger partial charge in [0.25, 0.3) is 5.91 Å². The first-order valence-electron chi connectivity index (χ1n) is 10.3. The number of aromatic hydroxyl groups is 1. The number of nitrogens with one attached hydrogen (secondary N) is 2. The van der Waals surface area contributed by atoms with Crippen LogP contribution < -0.4 is 15.4 Å². The molecule has 5 aromatic rings. The van der Waals surface area contributed by atoms with Gasteiger partial charge in [-0.2, -0.15) is 0 Å². The minimum Gasteiger partial charge on any atom is -0.497 e. The largest absolute Gasteiger partial charge is 0.497 e. The lowest BCUT2D eigenvalue weighted by Gasteiger charge is -2.24. The Hall–Kier alpha value is -4.53. The molecule has 1 aliphatic rings. The van der Waals surface area contributed by atoms with Gasteiger partial charge in [-0.25, -0.2) is 9.78 Å². The third-order valence-corrected chi connectivity index (χ3v) is 6.05. The monoisotopic (exact) mass is 442 g/mol. The van der Waals surface area contributed by atoms with Gasteiger partial charge in [0.1, 0.15) is 11.5 Å². The average molecular weight is 442 g/mol. The van der Waals surface area contributed by atoms with E-state index in [1.165, 1.54) is 4.57 Å². The number of imide groups is 1. The Morgan fingerprint density at radius 3 is 2.73 bits per heavy atom. The van der Waals surface area contributed by atoms with Crippen molar-refractivity contribution < 1.29 is 23.8 Å². The van der Waals surface area contributed by atoms with Gasteiger partial charge in [-0.1, -0.05) is 18.2 Å². The topological polar surface area (TPSA) is 119 Å². The highest BCUT2D eigenvalue weighted by molar-refractivity contribution is 6.07. The maximum absolute atomic E-state index is 13.1. The van der Waals surface area contributed by atoms with Crippen molar-refractivity contribution in [3.8, 4) is 11.6 Å². The Labute approximate surface area is 186 Å². The lowest BCUT2D eigenvalue weighted by Crippen LogP contribution is -2.47. The van der Waals surface area contributed by atoms with E-state index in [2.05, 4.69) is 15.6 Å². The van der Waals surface area contributed by atoms with E-state index in [4.69, 9.17) is 9.15 Å². The molecular weight excluding hydrogens is 424 g/mol. The summed E-state index contributed by atoms with van der Waals surface area (Å²) in [5.41, 5.74) is -0.465. The van der Waals surface area contributed by atoms with Gasteiger partial charge in [0.15, 0.2) is 11.4 Å². The highest BCUT2D eigenvalue weighted by atomic mass is 16.5. The van der Waals surface area contributed by atoms with Crippen LogP contribution in [0.15, 0.2) is 65.2 Å². The molecule has 1 atom stereocenters. The van der Waals surface area contributed by atoms with Crippen molar-refractivity contribution in [3.63, 3.8) is 0 Å². The molecular formula is C24H18N4O5. The second-order valence-electron chi connectivity index (χ2n) is 8.03. The third-order valence-electron chi connectivity index (χ3n) is 6.05. The van der Waals surface area contributed by atoms with Crippen LogP contribution in [0.3, 0.4) is 0 Å². The molecule has 0 spiro atoms. The van der Waals surface area contributed by atoms with Crippen molar-refractivity contribution in [3.05, 3.63) is 66.6 Å². The number of benzene rings is 2.